The first kappa shape index (κ1) is 13.2. The molecule has 96 valence electrons. The number of halogens is 2. The molecule has 18 heavy (non-hydrogen) atoms. The highest BCUT2D eigenvalue weighted by Gasteiger charge is 2.12. The van der Waals surface area contributed by atoms with Gasteiger partial charge in [-0.05, 0) is 40.5 Å². The van der Waals surface area contributed by atoms with Crippen LogP contribution < -0.4 is 5.73 Å². The Morgan fingerprint density at radius 2 is 2.28 bits per heavy atom. The van der Waals surface area contributed by atoms with E-state index in [-0.39, 0.29) is 11.9 Å². The Bertz CT molecular complexity index is 539. The van der Waals surface area contributed by atoms with Crippen molar-refractivity contribution in [2.24, 2.45) is 5.73 Å². The summed E-state index contributed by atoms with van der Waals surface area (Å²) in [6, 6.07) is 4.49. The Balaban J connectivity index is 2.29. The molecule has 0 amide bonds. The van der Waals surface area contributed by atoms with Crippen molar-refractivity contribution in [1.29, 1.82) is 0 Å². The van der Waals surface area contributed by atoms with Crippen molar-refractivity contribution in [1.82, 2.24) is 9.97 Å². The second kappa shape index (κ2) is 5.63. The third-order valence-electron chi connectivity index (χ3n) is 2.77. The molecule has 2 aromatic rings. The van der Waals surface area contributed by atoms with Crippen molar-refractivity contribution in [3.8, 4) is 11.3 Å². The standard InChI is InChI=1S/C13H15BrFN3/c1-2-3-11(16)13-17-7-12(18-13)9-5-4-8(15)6-10(9)14/h4-7,11H,2-3,16H2,1H3,(H,17,18). The molecule has 0 saturated carbocycles. The Hall–Kier alpha value is -1.20. The maximum absolute atomic E-state index is 13.0. The molecule has 3 nitrogen and oxygen atoms in total. The fourth-order valence-corrected chi connectivity index (χ4v) is 2.38. The van der Waals surface area contributed by atoms with Crippen LogP contribution in [0.1, 0.15) is 31.6 Å². The van der Waals surface area contributed by atoms with Gasteiger partial charge in [-0.3, -0.25) is 0 Å². The lowest BCUT2D eigenvalue weighted by Gasteiger charge is -2.06. The van der Waals surface area contributed by atoms with Gasteiger partial charge in [-0.25, -0.2) is 9.37 Å². The van der Waals surface area contributed by atoms with E-state index >= 15 is 0 Å². The fraction of sp³-hybridized carbons (Fsp3) is 0.308. The molecule has 5 heteroatoms. The summed E-state index contributed by atoms with van der Waals surface area (Å²) in [5.74, 6) is 0.496. The number of imidazole rings is 1. The van der Waals surface area contributed by atoms with Crippen LogP contribution in [-0.4, -0.2) is 9.97 Å². The van der Waals surface area contributed by atoms with E-state index in [9.17, 15) is 4.39 Å². The van der Waals surface area contributed by atoms with Crippen molar-refractivity contribution < 1.29 is 4.39 Å². The van der Waals surface area contributed by atoms with Gasteiger partial charge in [0.2, 0.25) is 0 Å². The van der Waals surface area contributed by atoms with Crippen molar-refractivity contribution in [3.63, 3.8) is 0 Å². The van der Waals surface area contributed by atoms with E-state index in [2.05, 4.69) is 32.8 Å². The average molecular weight is 312 g/mol. The molecule has 1 aromatic carbocycles. The molecule has 0 fully saturated rings. The molecule has 0 radical (unpaired) electrons. The lowest BCUT2D eigenvalue weighted by Crippen LogP contribution is -2.11. The zero-order chi connectivity index (χ0) is 13.1. The molecule has 0 aliphatic carbocycles. The van der Waals surface area contributed by atoms with Gasteiger partial charge in [-0.15, -0.1) is 0 Å². The molecule has 1 aromatic heterocycles. The molecule has 0 bridgehead atoms. The minimum atomic E-state index is -0.270. The number of nitrogens with zero attached hydrogens (tertiary/aromatic N) is 1. The van der Waals surface area contributed by atoms with Gasteiger partial charge in [-0.2, -0.15) is 0 Å². The van der Waals surface area contributed by atoms with E-state index in [1.807, 2.05) is 0 Å². The molecule has 2 rings (SSSR count). The summed E-state index contributed by atoms with van der Waals surface area (Å²) in [7, 11) is 0. The highest BCUT2D eigenvalue weighted by Crippen LogP contribution is 2.28. The van der Waals surface area contributed by atoms with Crippen LogP contribution in [0, 0.1) is 5.82 Å². The van der Waals surface area contributed by atoms with Gasteiger partial charge in [0.05, 0.1) is 17.9 Å². The molecule has 0 aliphatic heterocycles. The molecular weight excluding hydrogens is 297 g/mol. The number of aromatic amines is 1. The summed E-state index contributed by atoms with van der Waals surface area (Å²) in [5, 5.41) is 0. The lowest BCUT2D eigenvalue weighted by molar-refractivity contribution is 0.609. The van der Waals surface area contributed by atoms with Crippen molar-refractivity contribution in [2.45, 2.75) is 25.8 Å². The Kier molecular flexibility index (Phi) is 4.14. The Labute approximate surface area is 114 Å². The predicted molar refractivity (Wildman–Crippen MR) is 73.5 cm³/mol. The van der Waals surface area contributed by atoms with Crippen molar-refractivity contribution in [3.05, 3.63) is 40.5 Å². The van der Waals surface area contributed by atoms with Crippen LogP contribution in [0.2, 0.25) is 0 Å². The second-order valence-corrected chi connectivity index (χ2v) is 5.06. The first-order valence-electron chi connectivity index (χ1n) is 5.87. The monoisotopic (exact) mass is 311 g/mol. The van der Waals surface area contributed by atoms with Gasteiger partial charge in [0.15, 0.2) is 0 Å². The SMILES string of the molecule is CCCC(N)c1ncc(-c2ccc(F)cc2Br)[nH]1. The third-order valence-corrected chi connectivity index (χ3v) is 3.42. The lowest BCUT2D eigenvalue weighted by atomic mass is 10.1. The highest BCUT2D eigenvalue weighted by atomic mass is 79.9. The smallest absolute Gasteiger partial charge is 0.124 e. The van der Waals surface area contributed by atoms with E-state index in [4.69, 9.17) is 5.73 Å². The molecule has 0 spiro atoms. The molecule has 0 saturated heterocycles. The van der Waals surface area contributed by atoms with E-state index in [1.54, 1.807) is 12.3 Å². The van der Waals surface area contributed by atoms with E-state index in [0.29, 0.717) is 4.47 Å². The quantitative estimate of drug-likeness (QED) is 0.903. The molecule has 1 heterocycles. The number of hydrogen-bond acceptors (Lipinski definition) is 2. The Morgan fingerprint density at radius 1 is 1.50 bits per heavy atom. The predicted octanol–water partition coefficient (Wildman–Crippen LogP) is 3.78. The van der Waals surface area contributed by atoms with Crippen molar-refractivity contribution >= 4 is 15.9 Å². The number of aromatic nitrogens is 2. The first-order chi connectivity index (χ1) is 8.61. The number of hydrogen-bond donors (Lipinski definition) is 2. The number of rotatable bonds is 4. The van der Waals surface area contributed by atoms with E-state index in [1.165, 1.54) is 12.1 Å². The van der Waals surface area contributed by atoms with Crippen LogP contribution in [0.15, 0.2) is 28.9 Å². The summed E-state index contributed by atoms with van der Waals surface area (Å²) in [4.78, 5) is 7.47. The van der Waals surface area contributed by atoms with Crippen LogP contribution in [0.5, 0.6) is 0 Å². The van der Waals surface area contributed by atoms with E-state index in [0.717, 1.165) is 29.9 Å². The zero-order valence-corrected chi connectivity index (χ0v) is 11.7. The first-order valence-corrected chi connectivity index (χ1v) is 6.67. The summed E-state index contributed by atoms with van der Waals surface area (Å²) >= 11 is 3.34. The van der Waals surface area contributed by atoms with Gasteiger partial charge in [0.25, 0.3) is 0 Å². The van der Waals surface area contributed by atoms with Crippen LogP contribution in [-0.2, 0) is 0 Å². The topological polar surface area (TPSA) is 54.7 Å². The maximum Gasteiger partial charge on any atom is 0.124 e. The van der Waals surface area contributed by atoms with Crippen LogP contribution in [0.4, 0.5) is 4.39 Å². The summed E-state index contributed by atoms with van der Waals surface area (Å²) in [6.45, 7) is 2.08. The van der Waals surface area contributed by atoms with Gasteiger partial charge < -0.3 is 10.7 Å². The molecular formula is C13H15BrFN3. The molecule has 1 atom stereocenters. The van der Waals surface area contributed by atoms with Gasteiger partial charge in [-0.1, -0.05) is 13.3 Å². The van der Waals surface area contributed by atoms with E-state index < -0.39 is 0 Å². The van der Waals surface area contributed by atoms with Gasteiger partial charge in [0.1, 0.15) is 11.6 Å². The van der Waals surface area contributed by atoms with Crippen LogP contribution in [0.25, 0.3) is 11.3 Å². The summed E-state index contributed by atoms with van der Waals surface area (Å²) < 4.78 is 13.7. The average Bonchev–Trinajstić information content (AvgIpc) is 2.78. The second-order valence-electron chi connectivity index (χ2n) is 4.20. The zero-order valence-electron chi connectivity index (χ0n) is 10.1. The van der Waals surface area contributed by atoms with Crippen molar-refractivity contribution in [2.75, 3.05) is 0 Å². The fourth-order valence-electron chi connectivity index (χ4n) is 1.82. The largest absolute Gasteiger partial charge is 0.341 e. The number of nitrogens with one attached hydrogen (secondary N) is 1. The van der Waals surface area contributed by atoms with Crippen LogP contribution in [0.3, 0.4) is 0 Å². The molecule has 0 aliphatic rings. The third kappa shape index (κ3) is 2.79. The molecule has 3 N–H and O–H groups in total. The maximum atomic E-state index is 13.0. The summed E-state index contributed by atoms with van der Waals surface area (Å²) in [5.41, 5.74) is 7.70. The van der Waals surface area contributed by atoms with Gasteiger partial charge >= 0.3 is 0 Å². The minimum absolute atomic E-state index is 0.0806. The van der Waals surface area contributed by atoms with Crippen LogP contribution >= 0.6 is 15.9 Å². The number of benzene rings is 1. The Morgan fingerprint density at radius 3 is 2.94 bits per heavy atom. The number of nitrogens with two attached hydrogens (primary N) is 1. The van der Waals surface area contributed by atoms with Gasteiger partial charge in [0, 0.05) is 10.0 Å². The molecule has 1 unspecified atom stereocenters. The highest BCUT2D eigenvalue weighted by molar-refractivity contribution is 9.10. The number of H-pyrrole nitrogens is 1. The summed E-state index contributed by atoms with van der Waals surface area (Å²) in [6.07, 6.45) is 3.62. The minimum Gasteiger partial charge on any atom is -0.341 e. The normalized spacial score (nSPS) is 12.7.